The average Bonchev–Trinajstić information content (AvgIpc) is 3.71. The molecule has 0 unspecified atom stereocenters. The third-order valence-electron chi connectivity index (χ3n) is 9.48. The molecule has 2 saturated heterocycles. The second-order valence-corrected chi connectivity index (χ2v) is 13.1. The lowest BCUT2D eigenvalue weighted by Crippen LogP contribution is -2.33. The SMILES string of the molecule is CCCCCCCCCC[C@@H](O)[C@H]1CC[C@@H]([C@H]2CC[C@@H]([C@@H](O)CCCCCCCCCCC3=C[C@H](C)OC3=O)O2)O1. The number of rotatable bonds is 23. The molecular weight excluding hydrogens is 516 g/mol. The minimum absolute atomic E-state index is 0.0514. The summed E-state index contributed by atoms with van der Waals surface area (Å²) in [5.74, 6) is -0.127. The highest BCUT2D eigenvalue weighted by Gasteiger charge is 2.40. The van der Waals surface area contributed by atoms with E-state index in [1.54, 1.807) is 0 Å². The Morgan fingerprint density at radius 1 is 0.683 bits per heavy atom. The zero-order chi connectivity index (χ0) is 29.3. The van der Waals surface area contributed by atoms with E-state index in [-0.39, 0.29) is 48.7 Å². The molecule has 3 heterocycles. The number of unbranched alkanes of at least 4 members (excludes halogenated alkanes) is 14. The van der Waals surface area contributed by atoms with Gasteiger partial charge >= 0.3 is 5.97 Å². The van der Waals surface area contributed by atoms with Crippen molar-refractivity contribution >= 4 is 5.97 Å². The van der Waals surface area contributed by atoms with Gasteiger partial charge in [0.15, 0.2) is 0 Å². The summed E-state index contributed by atoms with van der Waals surface area (Å²) in [6, 6.07) is 0. The summed E-state index contributed by atoms with van der Waals surface area (Å²) in [7, 11) is 0. The average molecular weight is 579 g/mol. The zero-order valence-electron chi connectivity index (χ0n) is 26.4. The summed E-state index contributed by atoms with van der Waals surface area (Å²) in [6.07, 6.45) is 27.0. The maximum Gasteiger partial charge on any atom is 0.334 e. The molecule has 41 heavy (non-hydrogen) atoms. The van der Waals surface area contributed by atoms with Crippen LogP contribution in [0.15, 0.2) is 11.6 Å². The van der Waals surface area contributed by atoms with Gasteiger partial charge in [-0.15, -0.1) is 0 Å². The molecule has 3 aliphatic rings. The lowest BCUT2D eigenvalue weighted by atomic mass is 10.0. The highest BCUT2D eigenvalue weighted by Crippen LogP contribution is 2.34. The minimum atomic E-state index is -0.385. The Morgan fingerprint density at radius 3 is 1.56 bits per heavy atom. The van der Waals surface area contributed by atoms with Crippen molar-refractivity contribution in [3.8, 4) is 0 Å². The lowest BCUT2D eigenvalue weighted by Gasteiger charge is -2.24. The molecule has 0 aromatic rings. The van der Waals surface area contributed by atoms with Crippen molar-refractivity contribution in [2.75, 3.05) is 0 Å². The Morgan fingerprint density at radius 2 is 1.12 bits per heavy atom. The first-order valence-electron chi connectivity index (χ1n) is 17.6. The summed E-state index contributed by atoms with van der Waals surface area (Å²) in [5.41, 5.74) is 0.858. The Balaban J connectivity index is 1.14. The van der Waals surface area contributed by atoms with Crippen LogP contribution in [0.25, 0.3) is 0 Å². The van der Waals surface area contributed by atoms with Gasteiger partial charge in [-0.2, -0.15) is 0 Å². The number of aliphatic hydroxyl groups excluding tert-OH is 2. The number of aliphatic hydroxyl groups is 2. The number of esters is 1. The van der Waals surface area contributed by atoms with Gasteiger partial charge in [-0.3, -0.25) is 0 Å². The number of ether oxygens (including phenoxy) is 3. The molecule has 0 radical (unpaired) electrons. The van der Waals surface area contributed by atoms with E-state index in [0.717, 1.165) is 76.2 Å². The van der Waals surface area contributed by atoms with Crippen LogP contribution in [0.3, 0.4) is 0 Å². The van der Waals surface area contributed by atoms with E-state index in [1.165, 1.54) is 77.0 Å². The molecule has 0 aromatic carbocycles. The van der Waals surface area contributed by atoms with Crippen LogP contribution in [-0.4, -0.2) is 58.9 Å². The monoisotopic (exact) mass is 578 g/mol. The number of carbonyl (C=O) groups excluding carboxylic acids is 1. The van der Waals surface area contributed by atoms with Gasteiger partial charge in [0.05, 0.1) is 36.6 Å². The number of hydrogen-bond donors (Lipinski definition) is 2. The number of carbonyl (C=O) groups is 1. The van der Waals surface area contributed by atoms with E-state index < -0.39 is 0 Å². The molecule has 0 bridgehead atoms. The maximum absolute atomic E-state index is 11.6. The molecule has 3 rings (SSSR count). The van der Waals surface area contributed by atoms with Gasteiger partial charge in [-0.1, -0.05) is 103 Å². The Labute approximate surface area is 251 Å². The van der Waals surface area contributed by atoms with Crippen LogP contribution >= 0.6 is 0 Å². The fraction of sp³-hybridized carbons (Fsp3) is 0.914. The second kappa shape index (κ2) is 20.1. The van der Waals surface area contributed by atoms with Crippen molar-refractivity contribution in [2.45, 2.75) is 204 Å². The Bertz CT molecular complexity index is 738. The number of hydrogen-bond acceptors (Lipinski definition) is 6. The van der Waals surface area contributed by atoms with Gasteiger partial charge in [-0.25, -0.2) is 4.79 Å². The van der Waals surface area contributed by atoms with Gasteiger partial charge in [0, 0.05) is 5.57 Å². The molecule has 0 spiro atoms. The normalized spacial score (nSPS) is 27.8. The molecule has 0 saturated carbocycles. The van der Waals surface area contributed by atoms with E-state index in [1.807, 2.05) is 13.0 Å². The first kappa shape index (κ1) is 34.5. The van der Waals surface area contributed by atoms with Crippen LogP contribution in [0.2, 0.25) is 0 Å². The van der Waals surface area contributed by atoms with Crippen LogP contribution in [0.1, 0.15) is 162 Å². The molecule has 2 fully saturated rings. The number of cyclic esters (lactones) is 1. The third kappa shape index (κ3) is 13.1. The summed E-state index contributed by atoms with van der Waals surface area (Å²) >= 11 is 0. The second-order valence-electron chi connectivity index (χ2n) is 13.1. The molecule has 238 valence electrons. The van der Waals surface area contributed by atoms with Crippen molar-refractivity contribution < 1.29 is 29.2 Å². The van der Waals surface area contributed by atoms with E-state index >= 15 is 0 Å². The predicted molar refractivity (Wildman–Crippen MR) is 165 cm³/mol. The van der Waals surface area contributed by atoms with Crippen molar-refractivity contribution in [2.24, 2.45) is 0 Å². The first-order valence-corrected chi connectivity index (χ1v) is 17.6. The maximum atomic E-state index is 11.6. The van der Waals surface area contributed by atoms with Crippen molar-refractivity contribution in [1.82, 2.24) is 0 Å². The van der Waals surface area contributed by atoms with Gasteiger partial charge in [0.2, 0.25) is 0 Å². The van der Waals surface area contributed by atoms with Crippen molar-refractivity contribution in [1.29, 1.82) is 0 Å². The van der Waals surface area contributed by atoms with Gasteiger partial charge in [0.25, 0.3) is 0 Å². The fourth-order valence-electron chi connectivity index (χ4n) is 6.90. The van der Waals surface area contributed by atoms with E-state index in [2.05, 4.69) is 6.92 Å². The topological polar surface area (TPSA) is 85.2 Å². The van der Waals surface area contributed by atoms with Gasteiger partial charge in [-0.05, 0) is 64.4 Å². The van der Waals surface area contributed by atoms with Crippen LogP contribution in [0.5, 0.6) is 0 Å². The van der Waals surface area contributed by atoms with Gasteiger partial charge in [0.1, 0.15) is 6.10 Å². The molecule has 0 aliphatic carbocycles. The van der Waals surface area contributed by atoms with Crippen molar-refractivity contribution in [3.63, 3.8) is 0 Å². The highest BCUT2D eigenvalue weighted by molar-refractivity contribution is 5.90. The summed E-state index contributed by atoms with van der Waals surface area (Å²) in [6.45, 7) is 4.17. The predicted octanol–water partition coefficient (Wildman–Crippen LogP) is 8.11. The molecule has 7 atom stereocenters. The smallest absolute Gasteiger partial charge is 0.334 e. The molecule has 2 N–H and O–H groups in total. The van der Waals surface area contributed by atoms with Crippen LogP contribution in [0.4, 0.5) is 0 Å². The molecule has 3 aliphatic heterocycles. The quantitative estimate of drug-likeness (QED) is 0.0941. The standard InChI is InChI=1S/C35H62O6/c1-3-4-5-6-7-11-14-17-20-29(36)31-22-24-33(40-31)34-25-23-32(41-34)30(37)21-18-15-12-9-8-10-13-16-19-28-26-27(2)39-35(28)38/h26-27,29-34,36-37H,3-25H2,1-2H3/t27-,29+,30-,31+,32-,33-,34+/m0/s1. The summed E-state index contributed by atoms with van der Waals surface area (Å²) in [5, 5.41) is 21.4. The van der Waals surface area contributed by atoms with Crippen LogP contribution in [0, 0.1) is 0 Å². The lowest BCUT2D eigenvalue weighted by molar-refractivity contribution is -0.139. The molecular formula is C35H62O6. The highest BCUT2D eigenvalue weighted by atomic mass is 16.6. The third-order valence-corrected chi connectivity index (χ3v) is 9.48. The Kier molecular flexibility index (Phi) is 16.9. The molecule has 0 amide bonds. The summed E-state index contributed by atoms with van der Waals surface area (Å²) < 4.78 is 17.7. The van der Waals surface area contributed by atoms with E-state index in [9.17, 15) is 15.0 Å². The molecule has 6 heteroatoms. The zero-order valence-corrected chi connectivity index (χ0v) is 26.4. The first-order chi connectivity index (χ1) is 20.0. The van der Waals surface area contributed by atoms with E-state index in [4.69, 9.17) is 14.2 Å². The molecule has 0 aromatic heterocycles. The van der Waals surface area contributed by atoms with Gasteiger partial charge < -0.3 is 24.4 Å². The van der Waals surface area contributed by atoms with Crippen LogP contribution < -0.4 is 0 Å². The summed E-state index contributed by atoms with van der Waals surface area (Å²) in [4.78, 5) is 11.6. The molecule has 6 nitrogen and oxygen atoms in total. The van der Waals surface area contributed by atoms with Crippen LogP contribution in [-0.2, 0) is 19.0 Å². The fourth-order valence-corrected chi connectivity index (χ4v) is 6.90. The van der Waals surface area contributed by atoms with Crippen molar-refractivity contribution in [3.05, 3.63) is 11.6 Å². The Hall–Kier alpha value is -0.950. The largest absolute Gasteiger partial charge is 0.455 e. The minimum Gasteiger partial charge on any atom is -0.455 e. The van der Waals surface area contributed by atoms with E-state index in [0.29, 0.717) is 0 Å².